The van der Waals surface area contributed by atoms with Crippen LogP contribution in [0.5, 0.6) is 0 Å². The first-order valence-corrected chi connectivity index (χ1v) is 5.50. The summed E-state index contributed by atoms with van der Waals surface area (Å²) in [7, 11) is 0. The molecule has 0 radical (unpaired) electrons. The first-order chi connectivity index (χ1) is 8.25. The largest absolute Gasteiger partial charge is 0.419 e. The number of aliphatic hydroxyl groups excluding tert-OH is 1. The Balaban J connectivity index is 3.10. The summed E-state index contributed by atoms with van der Waals surface area (Å²) in [4.78, 5) is 0. The molecule has 2 atom stereocenters. The Hall–Kier alpha value is -1.14. The minimum absolute atomic E-state index is 0.0911. The Morgan fingerprint density at radius 1 is 1.33 bits per heavy atom. The quantitative estimate of drug-likeness (QED) is 0.822. The van der Waals surface area contributed by atoms with Gasteiger partial charge in [0, 0.05) is 0 Å². The minimum atomic E-state index is -4.73. The van der Waals surface area contributed by atoms with Gasteiger partial charge in [0.2, 0.25) is 0 Å². The van der Waals surface area contributed by atoms with Crippen LogP contribution in [0.3, 0.4) is 0 Å². The molecule has 6 heteroatoms. The van der Waals surface area contributed by atoms with E-state index in [1.54, 1.807) is 0 Å². The Labute approximate surface area is 102 Å². The molecule has 2 nitrogen and oxygen atoms in total. The molecule has 102 valence electrons. The summed E-state index contributed by atoms with van der Waals surface area (Å²) in [5, 5.41) is 9.25. The molecule has 0 saturated carbocycles. The van der Waals surface area contributed by atoms with Crippen LogP contribution in [0, 0.1) is 5.82 Å². The zero-order chi connectivity index (χ0) is 13.9. The molecule has 2 unspecified atom stereocenters. The number of alkyl halides is 3. The van der Waals surface area contributed by atoms with E-state index in [1.165, 1.54) is 13.0 Å². The van der Waals surface area contributed by atoms with Gasteiger partial charge in [0.15, 0.2) is 0 Å². The molecule has 0 amide bonds. The molecule has 18 heavy (non-hydrogen) atoms. The van der Waals surface area contributed by atoms with Gasteiger partial charge in [-0.2, -0.15) is 13.2 Å². The number of rotatable bonds is 4. The van der Waals surface area contributed by atoms with E-state index < -0.39 is 29.6 Å². The summed E-state index contributed by atoms with van der Waals surface area (Å²) in [5.41, 5.74) is 4.45. The maximum atomic E-state index is 13.1. The highest BCUT2D eigenvalue weighted by molar-refractivity contribution is 5.30. The highest BCUT2D eigenvalue weighted by Gasteiger charge is 2.34. The fourth-order valence-corrected chi connectivity index (χ4v) is 1.79. The van der Waals surface area contributed by atoms with Gasteiger partial charge >= 0.3 is 6.18 Å². The average Bonchev–Trinajstić information content (AvgIpc) is 2.25. The zero-order valence-electron chi connectivity index (χ0n) is 9.84. The standard InChI is InChI=1S/C12H15F4NO/c1-7(18)4-9(6-17)8-2-3-11(13)10(5-8)12(14,15)16/h2-3,5,7,9,18H,4,6,17H2,1H3. The fourth-order valence-electron chi connectivity index (χ4n) is 1.79. The molecule has 3 N–H and O–H groups in total. The fraction of sp³-hybridized carbons (Fsp3) is 0.500. The smallest absolute Gasteiger partial charge is 0.393 e. The summed E-state index contributed by atoms with van der Waals surface area (Å²) < 4.78 is 50.7. The first kappa shape index (κ1) is 14.9. The van der Waals surface area contributed by atoms with Crippen molar-refractivity contribution in [2.24, 2.45) is 5.73 Å². The number of hydrogen-bond acceptors (Lipinski definition) is 2. The Kier molecular flexibility index (Phi) is 4.70. The monoisotopic (exact) mass is 265 g/mol. The lowest BCUT2D eigenvalue weighted by atomic mass is 9.92. The van der Waals surface area contributed by atoms with Crippen LogP contribution in [0.1, 0.15) is 30.4 Å². The van der Waals surface area contributed by atoms with Gasteiger partial charge in [-0.3, -0.25) is 0 Å². The predicted molar refractivity (Wildman–Crippen MR) is 59.5 cm³/mol. The van der Waals surface area contributed by atoms with Crippen LogP contribution in [0.2, 0.25) is 0 Å². The molecule has 0 spiro atoms. The maximum absolute atomic E-state index is 13.1. The SMILES string of the molecule is CC(O)CC(CN)c1ccc(F)c(C(F)(F)F)c1. The number of halogens is 4. The second-order valence-corrected chi connectivity index (χ2v) is 4.25. The Morgan fingerprint density at radius 2 is 1.94 bits per heavy atom. The lowest BCUT2D eigenvalue weighted by Crippen LogP contribution is -2.18. The van der Waals surface area contributed by atoms with Gasteiger partial charge in [0.1, 0.15) is 5.82 Å². The highest BCUT2D eigenvalue weighted by atomic mass is 19.4. The van der Waals surface area contributed by atoms with Crippen molar-refractivity contribution in [3.05, 3.63) is 35.1 Å². The van der Waals surface area contributed by atoms with Crippen LogP contribution < -0.4 is 5.73 Å². The van der Waals surface area contributed by atoms with Gasteiger partial charge < -0.3 is 10.8 Å². The Morgan fingerprint density at radius 3 is 2.39 bits per heavy atom. The van der Waals surface area contributed by atoms with Crippen molar-refractivity contribution in [1.82, 2.24) is 0 Å². The number of aliphatic hydroxyl groups is 1. The summed E-state index contributed by atoms with van der Waals surface area (Å²) in [6.07, 6.45) is -5.18. The van der Waals surface area contributed by atoms with E-state index in [9.17, 15) is 22.7 Å². The lowest BCUT2D eigenvalue weighted by Gasteiger charge is -2.18. The van der Waals surface area contributed by atoms with Crippen molar-refractivity contribution in [3.63, 3.8) is 0 Å². The van der Waals surface area contributed by atoms with Crippen molar-refractivity contribution >= 4 is 0 Å². The number of nitrogens with two attached hydrogens (primary N) is 1. The highest BCUT2D eigenvalue weighted by Crippen LogP contribution is 2.33. The van der Waals surface area contributed by atoms with Gasteiger partial charge in [0.05, 0.1) is 11.7 Å². The third-order valence-corrected chi connectivity index (χ3v) is 2.68. The van der Waals surface area contributed by atoms with E-state index >= 15 is 0 Å². The normalized spacial score (nSPS) is 15.5. The summed E-state index contributed by atoms with van der Waals surface area (Å²) >= 11 is 0. The molecule has 0 aromatic heterocycles. The molecule has 0 saturated heterocycles. The number of hydrogen-bond donors (Lipinski definition) is 2. The van der Waals surface area contributed by atoms with Crippen molar-refractivity contribution in [2.75, 3.05) is 6.54 Å². The van der Waals surface area contributed by atoms with E-state index in [0.29, 0.717) is 0 Å². The summed E-state index contributed by atoms with van der Waals surface area (Å²) in [6.45, 7) is 1.62. The van der Waals surface area contributed by atoms with Crippen molar-refractivity contribution in [2.45, 2.75) is 31.5 Å². The van der Waals surface area contributed by atoms with Crippen LogP contribution in [-0.2, 0) is 6.18 Å². The number of benzene rings is 1. The summed E-state index contributed by atoms with van der Waals surface area (Å²) in [6, 6.07) is 2.81. The first-order valence-electron chi connectivity index (χ1n) is 5.50. The third-order valence-electron chi connectivity index (χ3n) is 2.68. The Bertz CT molecular complexity index is 404. The van der Waals surface area contributed by atoms with E-state index in [0.717, 1.165) is 12.1 Å². The van der Waals surface area contributed by atoms with Crippen molar-refractivity contribution in [1.29, 1.82) is 0 Å². The van der Waals surface area contributed by atoms with Crippen LogP contribution in [-0.4, -0.2) is 17.8 Å². The molecule has 0 aliphatic heterocycles. The van der Waals surface area contributed by atoms with E-state index in [-0.39, 0.29) is 18.5 Å². The molecule has 0 bridgehead atoms. The maximum Gasteiger partial charge on any atom is 0.419 e. The lowest BCUT2D eigenvalue weighted by molar-refractivity contribution is -0.140. The van der Waals surface area contributed by atoms with E-state index in [4.69, 9.17) is 5.73 Å². The molecular weight excluding hydrogens is 250 g/mol. The average molecular weight is 265 g/mol. The molecule has 0 heterocycles. The van der Waals surface area contributed by atoms with Gasteiger partial charge in [0.25, 0.3) is 0 Å². The topological polar surface area (TPSA) is 46.2 Å². The second kappa shape index (κ2) is 5.67. The summed E-state index contributed by atoms with van der Waals surface area (Å²) in [5.74, 6) is -1.73. The van der Waals surface area contributed by atoms with Gasteiger partial charge in [-0.1, -0.05) is 6.07 Å². The van der Waals surface area contributed by atoms with E-state index in [1.807, 2.05) is 0 Å². The molecule has 1 rings (SSSR count). The van der Waals surface area contributed by atoms with Gasteiger partial charge in [-0.05, 0) is 43.5 Å². The van der Waals surface area contributed by atoms with Crippen molar-refractivity contribution in [3.8, 4) is 0 Å². The van der Waals surface area contributed by atoms with Crippen molar-refractivity contribution < 1.29 is 22.7 Å². The van der Waals surface area contributed by atoms with Crippen LogP contribution in [0.15, 0.2) is 18.2 Å². The molecule has 0 aliphatic rings. The zero-order valence-corrected chi connectivity index (χ0v) is 9.84. The van der Waals surface area contributed by atoms with Crippen LogP contribution in [0.4, 0.5) is 17.6 Å². The molecule has 1 aromatic carbocycles. The van der Waals surface area contributed by atoms with E-state index in [2.05, 4.69) is 0 Å². The minimum Gasteiger partial charge on any atom is -0.393 e. The molecule has 1 aromatic rings. The molecule has 0 fully saturated rings. The molecular formula is C12H15F4NO. The third kappa shape index (κ3) is 3.68. The molecule has 0 aliphatic carbocycles. The van der Waals surface area contributed by atoms with Gasteiger partial charge in [-0.15, -0.1) is 0 Å². The second-order valence-electron chi connectivity index (χ2n) is 4.25. The van der Waals surface area contributed by atoms with Crippen LogP contribution >= 0.6 is 0 Å². The van der Waals surface area contributed by atoms with Crippen LogP contribution in [0.25, 0.3) is 0 Å². The van der Waals surface area contributed by atoms with Gasteiger partial charge in [-0.25, -0.2) is 4.39 Å². The predicted octanol–water partition coefficient (Wildman–Crippen LogP) is 2.66.